The molecule has 1 heterocycles. The number of nitrogens with one attached hydrogen (secondary N) is 1. The highest BCUT2D eigenvalue weighted by molar-refractivity contribution is 7.14. The lowest BCUT2D eigenvalue weighted by molar-refractivity contribution is -0.394. The highest BCUT2D eigenvalue weighted by Crippen LogP contribution is 2.29. The molecule has 0 atom stereocenters. The number of hydrogen-bond donors (Lipinski definition) is 1. The van der Waals surface area contributed by atoms with Gasteiger partial charge in [-0.1, -0.05) is 54.6 Å². The number of thiazole rings is 1. The molecule has 1 N–H and O–H groups in total. The van der Waals surface area contributed by atoms with Crippen LogP contribution in [-0.4, -0.2) is 20.7 Å². The van der Waals surface area contributed by atoms with Gasteiger partial charge in [-0.2, -0.15) is 0 Å². The van der Waals surface area contributed by atoms with E-state index in [4.69, 9.17) is 0 Å². The minimum atomic E-state index is -0.830. The van der Waals surface area contributed by atoms with Gasteiger partial charge < -0.3 is 0 Å². The summed E-state index contributed by atoms with van der Waals surface area (Å²) in [5, 5.41) is 26.7. The first-order valence-electron chi connectivity index (χ1n) is 9.28. The summed E-state index contributed by atoms with van der Waals surface area (Å²) < 4.78 is 0. The standard InChI is InChI=1S/C22H14N4O5S/c27-21(18-11-10-17(25(28)29)12-20(18)26(30)31)24-22-23-19(13-32-22)16-8-6-15(7-9-16)14-4-2-1-3-5-14/h1-13H,(H,23,24,27). The zero-order valence-electron chi connectivity index (χ0n) is 16.3. The molecule has 0 saturated carbocycles. The van der Waals surface area contributed by atoms with Gasteiger partial charge in [0.05, 0.1) is 21.6 Å². The second kappa shape index (κ2) is 8.74. The highest BCUT2D eigenvalue weighted by atomic mass is 32.1. The van der Waals surface area contributed by atoms with Crippen molar-refractivity contribution in [3.8, 4) is 22.4 Å². The molecule has 0 unspecified atom stereocenters. The van der Waals surface area contributed by atoms with Crippen LogP contribution in [0.2, 0.25) is 0 Å². The van der Waals surface area contributed by atoms with Crippen molar-refractivity contribution in [2.24, 2.45) is 0 Å². The third kappa shape index (κ3) is 4.35. The highest BCUT2D eigenvalue weighted by Gasteiger charge is 2.24. The molecule has 9 nitrogen and oxygen atoms in total. The Morgan fingerprint density at radius 1 is 0.844 bits per heavy atom. The fourth-order valence-corrected chi connectivity index (χ4v) is 3.78. The number of carbonyl (C=O) groups is 1. The summed E-state index contributed by atoms with van der Waals surface area (Å²) >= 11 is 1.17. The number of carbonyl (C=O) groups excluding carboxylic acids is 1. The van der Waals surface area contributed by atoms with Crippen LogP contribution in [0.1, 0.15) is 10.4 Å². The van der Waals surface area contributed by atoms with E-state index in [9.17, 15) is 25.0 Å². The monoisotopic (exact) mass is 446 g/mol. The molecule has 0 saturated heterocycles. The zero-order chi connectivity index (χ0) is 22.7. The van der Waals surface area contributed by atoms with Gasteiger partial charge in [-0.3, -0.25) is 30.3 Å². The van der Waals surface area contributed by atoms with E-state index in [1.165, 1.54) is 11.3 Å². The molecule has 1 amide bonds. The predicted octanol–water partition coefficient (Wildman–Crippen LogP) is 5.55. The second-order valence-corrected chi connectivity index (χ2v) is 7.51. The normalized spacial score (nSPS) is 10.5. The molecule has 4 rings (SSSR count). The molecule has 3 aromatic carbocycles. The molecule has 0 radical (unpaired) electrons. The minimum absolute atomic E-state index is 0.254. The van der Waals surface area contributed by atoms with E-state index in [0.717, 1.165) is 34.9 Å². The number of rotatable bonds is 6. The summed E-state index contributed by atoms with van der Waals surface area (Å²) in [5.74, 6) is -0.771. The molecule has 10 heteroatoms. The molecule has 32 heavy (non-hydrogen) atoms. The maximum absolute atomic E-state index is 12.5. The smallest absolute Gasteiger partial charge is 0.289 e. The zero-order valence-corrected chi connectivity index (χ0v) is 17.1. The first-order chi connectivity index (χ1) is 15.4. The van der Waals surface area contributed by atoms with Crippen LogP contribution in [0.25, 0.3) is 22.4 Å². The van der Waals surface area contributed by atoms with Crippen molar-refractivity contribution in [3.63, 3.8) is 0 Å². The Hall–Kier alpha value is -4.44. The first-order valence-corrected chi connectivity index (χ1v) is 10.2. The van der Waals surface area contributed by atoms with Crippen LogP contribution in [0.3, 0.4) is 0 Å². The number of hydrogen-bond acceptors (Lipinski definition) is 7. The number of anilines is 1. The van der Waals surface area contributed by atoms with Crippen LogP contribution in [-0.2, 0) is 0 Å². The van der Waals surface area contributed by atoms with Crippen LogP contribution in [0, 0.1) is 20.2 Å². The fourth-order valence-electron chi connectivity index (χ4n) is 3.07. The molecule has 0 aliphatic carbocycles. The average Bonchev–Trinajstić information content (AvgIpc) is 3.27. The topological polar surface area (TPSA) is 128 Å². The second-order valence-electron chi connectivity index (χ2n) is 6.65. The van der Waals surface area contributed by atoms with E-state index < -0.39 is 27.1 Å². The largest absolute Gasteiger partial charge is 0.298 e. The lowest BCUT2D eigenvalue weighted by Gasteiger charge is -2.04. The summed E-state index contributed by atoms with van der Waals surface area (Å²) in [7, 11) is 0. The first kappa shape index (κ1) is 20.8. The predicted molar refractivity (Wildman–Crippen MR) is 121 cm³/mol. The summed E-state index contributed by atoms with van der Waals surface area (Å²) in [6, 6.07) is 20.6. The van der Waals surface area contributed by atoms with E-state index >= 15 is 0 Å². The van der Waals surface area contributed by atoms with Gasteiger partial charge in [-0.25, -0.2) is 4.98 Å². The van der Waals surface area contributed by atoms with Crippen LogP contribution >= 0.6 is 11.3 Å². The van der Waals surface area contributed by atoms with Crippen LogP contribution < -0.4 is 5.32 Å². The van der Waals surface area contributed by atoms with Crippen molar-refractivity contribution in [1.29, 1.82) is 0 Å². The molecule has 0 fully saturated rings. The van der Waals surface area contributed by atoms with Crippen LogP contribution in [0.15, 0.2) is 78.2 Å². The van der Waals surface area contributed by atoms with E-state index in [2.05, 4.69) is 10.3 Å². The molecule has 0 bridgehead atoms. The molecule has 0 spiro atoms. The SMILES string of the molecule is O=C(Nc1nc(-c2ccc(-c3ccccc3)cc2)cs1)c1ccc([N+](=O)[O-])cc1[N+](=O)[O-]. The molecule has 158 valence electrons. The van der Waals surface area contributed by atoms with Crippen molar-refractivity contribution in [2.75, 3.05) is 5.32 Å². The average molecular weight is 446 g/mol. The molecule has 0 aliphatic heterocycles. The van der Waals surface area contributed by atoms with Gasteiger partial charge in [0.15, 0.2) is 5.13 Å². The Morgan fingerprint density at radius 3 is 2.16 bits per heavy atom. The Kier molecular flexibility index (Phi) is 5.69. The Bertz CT molecular complexity index is 1320. The van der Waals surface area contributed by atoms with Crippen molar-refractivity contribution in [1.82, 2.24) is 4.98 Å². The van der Waals surface area contributed by atoms with Gasteiger partial charge in [0.2, 0.25) is 0 Å². The Morgan fingerprint density at radius 2 is 1.50 bits per heavy atom. The van der Waals surface area contributed by atoms with Crippen molar-refractivity contribution >= 4 is 33.8 Å². The maximum atomic E-state index is 12.5. The molecule has 0 aliphatic rings. The number of nitro benzene ring substituents is 2. The molecule has 1 aromatic heterocycles. The Balaban J connectivity index is 1.53. The van der Waals surface area contributed by atoms with Crippen LogP contribution in [0.5, 0.6) is 0 Å². The van der Waals surface area contributed by atoms with Crippen molar-refractivity contribution in [2.45, 2.75) is 0 Å². The van der Waals surface area contributed by atoms with Gasteiger partial charge in [-0.15, -0.1) is 11.3 Å². The third-order valence-electron chi connectivity index (χ3n) is 4.65. The summed E-state index contributed by atoms with van der Waals surface area (Å²) in [6.07, 6.45) is 0. The number of nitrogens with zero attached hydrogens (tertiary/aromatic N) is 3. The van der Waals surface area contributed by atoms with E-state index in [1.54, 1.807) is 5.38 Å². The van der Waals surface area contributed by atoms with E-state index in [0.29, 0.717) is 5.69 Å². The third-order valence-corrected chi connectivity index (χ3v) is 5.40. The summed E-state index contributed by atoms with van der Waals surface area (Å²) in [5.41, 5.74) is 2.24. The van der Waals surface area contributed by atoms with Crippen molar-refractivity contribution < 1.29 is 14.6 Å². The number of non-ortho nitro benzene ring substituents is 1. The summed E-state index contributed by atoms with van der Waals surface area (Å²) in [6.45, 7) is 0. The fraction of sp³-hybridized carbons (Fsp3) is 0. The lowest BCUT2D eigenvalue weighted by Crippen LogP contribution is -2.14. The van der Waals surface area contributed by atoms with Gasteiger partial charge in [-0.05, 0) is 17.2 Å². The number of aromatic nitrogens is 1. The van der Waals surface area contributed by atoms with Crippen molar-refractivity contribution in [3.05, 3.63) is 104 Å². The van der Waals surface area contributed by atoms with E-state index in [-0.39, 0.29) is 10.7 Å². The maximum Gasteiger partial charge on any atom is 0.289 e. The molecule has 4 aromatic rings. The van der Waals surface area contributed by atoms with Gasteiger partial charge in [0, 0.05) is 17.0 Å². The minimum Gasteiger partial charge on any atom is -0.298 e. The number of amides is 1. The quantitative estimate of drug-likeness (QED) is 0.306. The Labute approximate surface area is 185 Å². The number of nitro groups is 2. The van der Waals surface area contributed by atoms with E-state index in [1.807, 2.05) is 54.6 Å². The summed E-state index contributed by atoms with van der Waals surface area (Å²) in [4.78, 5) is 37.5. The van der Waals surface area contributed by atoms with Gasteiger partial charge in [0.25, 0.3) is 17.3 Å². The van der Waals surface area contributed by atoms with Gasteiger partial charge in [0.1, 0.15) is 5.56 Å². The molecular weight excluding hydrogens is 432 g/mol. The van der Waals surface area contributed by atoms with Gasteiger partial charge >= 0.3 is 0 Å². The number of benzene rings is 3. The molecular formula is C22H14N4O5S. The van der Waals surface area contributed by atoms with Crippen LogP contribution in [0.4, 0.5) is 16.5 Å². The lowest BCUT2D eigenvalue weighted by atomic mass is 10.0.